The summed E-state index contributed by atoms with van der Waals surface area (Å²) >= 11 is 18.0. The first-order valence-corrected chi connectivity index (χ1v) is 6.07. The lowest BCUT2D eigenvalue weighted by atomic mass is 10.2. The molecule has 0 fully saturated rings. The summed E-state index contributed by atoms with van der Waals surface area (Å²) < 4.78 is 1.80. The molecule has 1 aromatic carbocycles. The third-order valence-electron chi connectivity index (χ3n) is 2.45. The molecule has 0 N–H and O–H groups in total. The van der Waals surface area contributed by atoms with Crippen LogP contribution in [0.15, 0.2) is 24.8 Å². The Hall–Kier alpha value is -1.47. The number of halogens is 3. The molecule has 2 aromatic heterocycles. The number of aromatic nitrogens is 3. The highest BCUT2D eigenvalue weighted by molar-refractivity contribution is 6.45. The molecule has 3 aromatic rings. The molecule has 0 aliphatic carbocycles. The minimum Gasteiger partial charge on any atom is -0.305 e. The second-order valence-electron chi connectivity index (χ2n) is 3.54. The number of hydrogen-bond donors (Lipinski definition) is 0. The Bertz CT molecular complexity index is 723. The molecular formula is C12H4Cl3N3. The van der Waals surface area contributed by atoms with E-state index in [4.69, 9.17) is 34.8 Å². The molecule has 0 saturated carbocycles. The summed E-state index contributed by atoms with van der Waals surface area (Å²) in [4.78, 5) is 8.16. The van der Waals surface area contributed by atoms with Gasteiger partial charge in [0.1, 0.15) is 15.7 Å². The van der Waals surface area contributed by atoms with Gasteiger partial charge in [0.25, 0.3) is 0 Å². The number of imidazole rings is 1. The summed E-state index contributed by atoms with van der Waals surface area (Å²) in [7, 11) is 0. The molecule has 0 spiro atoms. The van der Waals surface area contributed by atoms with Gasteiger partial charge in [-0.15, -0.1) is 0 Å². The number of rotatable bonds is 1. The number of hydrogen-bond acceptors (Lipinski definition) is 2. The second kappa shape index (κ2) is 4.33. The zero-order valence-corrected chi connectivity index (χ0v) is 11.1. The van der Waals surface area contributed by atoms with Crippen LogP contribution in [0.2, 0.25) is 15.2 Å². The summed E-state index contributed by atoms with van der Waals surface area (Å²) in [6.45, 7) is 0. The van der Waals surface area contributed by atoms with E-state index in [9.17, 15) is 0 Å². The van der Waals surface area contributed by atoms with Crippen LogP contribution in [0.4, 0.5) is 0 Å². The van der Waals surface area contributed by atoms with Crippen LogP contribution in [0.25, 0.3) is 16.6 Å². The molecule has 0 atom stereocenters. The third kappa shape index (κ3) is 1.79. The minimum atomic E-state index is 0.274. The van der Waals surface area contributed by atoms with Crippen LogP contribution >= 0.6 is 34.8 Å². The van der Waals surface area contributed by atoms with Crippen molar-refractivity contribution >= 4 is 45.7 Å². The van der Waals surface area contributed by atoms with Gasteiger partial charge < -0.3 is 4.57 Å². The maximum atomic E-state index is 6.10. The monoisotopic (exact) mass is 295 g/mol. The topological polar surface area (TPSA) is 30.7 Å². The van der Waals surface area contributed by atoms with Crippen LogP contribution in [-0.2, 0) is 0 Å². The van der Waals surface area contributed by atoms with Gasteiger partial charge in [0, 0.05) is 18.5 Å². The lowest BCUT2D eigenvalue weighted by Crippen LogP contribution is -1.94. The van der Waals surface area contributed by atoms with E-state index in [1.165, 1.54) is 0 Å². The lowest BCUT2D eigenvalue weighted by Gasteiger charge is -2.07. The predicted molar refractivity (Wildman–Crippen MR) is 71.6 cm³/mol. The van der Waals surface area contributed by atoms with Crippen molar-refractivity contribution in [3.63, 3.8) is 0 Å². The number of pyridine rings is 1. The van der Waals surface area contributed by atoms with Gasteiger partial charge in [-0.2, -0.15) is 0 Å². The Morgan fingerprint density at radius 2 is 2.00 bits per heavy atom. The van der Waals surface area contributed by atoms with Crippen molar-refractivity contribution in [2.75, 3.05) is 0 Å². The standard InChI is InChI=1S/C12H4Cl3N3/c13-8-2-1-7-9(18-4-3-16-6-18)5-10(14)17-12(7)11(8)15/h3-6H. The average Bonchev–Trinajstić information content (AvgIpc) is 2.87. The predicted octanol–water partition coefficient (Wildman–Crippen LogP) is 3.98. The van der Waals surface area contributed by atoms with Crippen LogP contribution < -0.4 is 0 Å². The molecule has 3 rings (SSSR count). The first-order chi connectivity index (χ1) is 8.66. The van der Waals surface area contributed by atoms with Gasteiger partial charge >= 0.3 is 0 Å². The molecule has 0 unspecified atom stereocenters. The third-order valence-corrected chi connectivity index (χ3v) is 3.39. The van der Waals surface area contributed by atoms with E-state index in [1.807, 2.05) is 0 Å². The zero-order chi connectivity index (χ0) is 12.7. The van der Waals surface area contributed by atoms with Gasteiger partial charge in [-0.25, -0.2) is 9.97 Å². The smallest absolute Gasteiger partial charge is 0.131 e. The van der Waals surface area contributed by atoms with Crippen molar-refractivity contribution in [2.45, 2.75) is 0 Å². The fourth-order valence-corrected chi connectivity index (χ4v) is 2.17. The largest absolute Gasteiger partial charge is 0.305 e. The van der Waals surface area contributed by atoms with E-state index in [0.717, 1.165) is 5.69 Å². The lowest BCUT2D eigenvalue weighted by molar-refractivity contribution is 1.06. The van der Waals surface area contributed by atoms with E-state index in [1.54, 1.807) is 29.4 Å². The first kappa shape index (κ1) is 11.6. The molecule has 18 heavy (non-hydrogen) atoms. The molecule has 0 saturated heterocycles. The van der Waals surface area contributed by atoms with E-state index >= 15 is 0 Å². The fourth-order valence-electron chi connectivity index (χ4n) is 1.66. The van der Waals surface area contributed by atoms with Gasteiger partial charge in [0.2, 0.25) is 0 Å². The van der Waals surface area contributed by atoms with Gasteiger partial charge in [0.15, 0.2) is 0 Å². The van der Waals surface area contributed by atoms with Crippen molar-refractivity contribution in [3.05, 3.63) is 52.1 Å². The number of fused-ring (bicyclic) bond motifs is 1. The van der Waals surface area contributed by atoms with Gasteiger partial charge in [0.05, 0.1) is 22.4 Å². The second-order valence-corrected chi connectivity index (χ2v) is 4.68. The number of nitrogens with zero attached hydrogens (tertiary/aromatic N) is 3. The SMILES string of the molecule is Clc1cc(-n2ccnc2)c2c#cc(Cl)c(Cl)c2n1. The highest BCUT2D eigenvalue weighted by atomic mass is 35.5. The Labute approximate surface area is 118 Å². The summed E-state index contributed by atoms with van der Waals surface area (Å²) in [6.07, 6.45) is 5.12. The van der Waals surface area contributed by atoms with E-state index < -0.39 is 0 Å². The maximum absolute atomic E-state index is 6.10. The molecular weight excluding hydrogens is 293 g/mol. The first-order valence-electron chi connectivity index (χ1n) is 4.93. The molecule has 0 aliphatic heterocycles. The van der Waals surface area contributed by atoms with Gasteiger partial charge in [-0.3, -0.25) is 0 Å². The Kier molecular flexibility index (Phi) is 2.79. The van der Waals surface area contributed by atoms with Crippen molar-refractivity contribution < 1.29 is 0 Å². The Balaban J connectivity index is 2.43. The molecule has 0 bridgehead atoms. The highest BCUT2D eigenvalue weighted by Gasteiger charge is 2.11. The van der Waals surface area contributed by atoms with Crippen LogP contribution in [0.5, 0.6) is 0 Å². The van der Waals surface area contributed by atoms with Crippen LogP contribution in [0.1, 0.15) is 0 Å². The molecule has 0 amide bonds. The molecule has 3 nitrogen and oxygen atoms in total. The summed E-state index contributed by atoms with van der Waals surface area (Å²) in [5.41, 5.74) is 1.27. The van der Waals surface area contributed by atoms with E-state index in [0.29, 0.717) is 21.1 Å². The molecule has 88 valence electrons. The van der Waals surface area contributed by atoms with Crippen molar-refractivity contribution in [1.29, 1.82) is 0 Å². The van der Waals surface area contributed by atoms with Crippen molar-refractivity contribution in [2.24, 2.45) is 0 Å². The van der Waals surface area contributed by atoms with Crippen LogP contribution in [0.3, 0.4) is 0 Å². The van der Waals surface area contributed by atoms with E-state index in [2.05, 4.69) is 22.1 Å². The quantitative estimate of drug-likeness (QED) is 0.636. The summed E-state index contributed by atoms with van der Waals surface area (Å²) in [6, 6.07) is 7.40. The highest BCUT2D eigenvalue weighted by Crippen LogP contribution is 2.31. The van der Waals surface area contributed by atoms with Crippen molar-refractivity contribution in [1.82, 2.24) is 14.5 Å². The van der Waals surface area contributed by atoms with Crippen LogP contribution in [0, 0.1) is 12.1 Å². The summed E-state index contributed by atoms with van der Waals surface area (Å²) in [5.74, 6) is 0. The minimum absolute atomic E-state index is 0.274. The van der Waals surface area contributed by atoms with Crippen LogP contribution in [-0.4, -0.2) is 14.5 Å². The fraction of sp³-hybridized carbons (Fsp3) is 0. The van der Waals surface area contributed by atoms with Gasteiger partial charge in [-0.05, 0) is 6.07 Å². The average molecular weight is 297 g/mol. The van der Waals surface area contributed by atoms with E-state index in [-0.39, 0.29) is 5.02 Å². The molecule has 0 aliphatic rings. The molecule has 0 radical (unpaired) electrons. The normalized spacial score (nSPS) is 10.6. The van der Waals surface area contributed by atoms with Gasteiger partial charge in [-0.1, -0.05) is 40.9 Å². The molecule has 6 heteroatoms. The van der Waals surface area contributed by atoms with Crippen molar-refractivity contribution in [3.8, 4) is 5.69 Å². The molecule has 2 heterocycles. The zero-order valence-electron chi connectivity index (χ0n) is 8.78. The summed E-state index contributed by atoms with van der Waals surface area (Å²) in [5, 5.41) is 1.60. The Morgan fingerprint density at radius 3 is 2.72 bits per heavy atom. The maximum Gasteiger partial charge on any atom is 0.131 e. The Morgan fingerprint density at radius 1 is 1.17 bits per heavy atom.